The smallest absolute Gasteiger partial charge is 0.232 e. The number of carbonyl (C=O) groups excluding carboxylic acids is 1. The van der Waals surface area contributed by atoms with E-state index in [2.05, 4.69) is 35.6 Å². The summed E-state index contributed by atoms with van der Waals surface area (Å²) in [6, 6.07) is 36.6. The van der Waals surface area contributed by atoms with E-state index in [0.29, 0.717) is 0 Å². The van der Waals surface area contributed by atoms with E-state index in [9.17, 15) is 4.79 Å². The average molecular weight is 448 g/mol. The predicted octanol–water partition coefficient (Wildman–Crippen LogP) is 6.41. The molecule has 1 aliphatic carbocycles. The molecule has 0 aromatic heterocycles. The largest absolute Gasteiger partial charge is 0.496 e. The van der Waals surface area contributed by atoms with Crippen LogP contribution in [0.1, 0.15) is 52.1 Å². The third-order valence-electron chi connectivity index (χ3n) is 6.88. The lowest BCUT2D eigenvalue weighted by Gasteiger charge is -2.36. The fourth-order valence-corrected chi connectivity index (χ4v) is 5.27. The summed E-state index contributed by atoms with van der Waals surface area (Å²) in [5.74, 6) is 0.629. The van der Waals surface area contributed by atoms with Crippen molar-refractivity contribution in [3.8, 4) is 5.75 Å². The van der Waals surface area contributed by atoms with Crippen LogP contribution in [0.3, 0.4) is 0 Å². The number of hydrogen-bond acceptors (Lipinski definition) is 2. The maximum Gasteiger partial charge on any atom is 0.232 e. The topological polar surface area (TPSA) is 38.3 Å². The molecule has 4 aromatic rings. The van der Waals surface area contributed by atoms with Gasteiger partial charge in [-0.1, -0.05) is 103 Å². The van der Waals surface area contributed by atoms with Crippen LogP contribution in [0.4, 0.5) is 0 Å². The molecule has 34 heavy (non-hydrogen) atoms. The quantitative estimate of drug-likeness (QED) is 0.371. The van der Waals surface area contributed by atoms with Gasteiger partial charge in [0.25, 0.3) is 0 Å². The molecule has 2 atom stereocenters. The number of hydrogen-bond donors (Lipinski definition) is 1. The summed E-state index contributed by atoms with van der Waals surface area (Å²) >= 11 is 0. The van der Waals surface area contributed by atoms with Crippen molar-refractivity contribution in [2.24, 2.45) is 0 Å². The van der Waals surface area contributed by atoms with Gasteiger partial charge in [0, 0.05) is 5.92 Å². The molecule has 1 aliphatic rings. The Hall–Kier alpha value is -3.85. The highest BCUT2D eigenvalue weighted by molar-refractivity contribution is 5.87. The van der Waals surface area contributed by atoms with E-state index in [1.165, 1.54) is 11.1 Å². The Morgan fingerprint density at radius 1 is 0.765 bits per heavy atom. The van der Waals surface area contributed by atoms with Gasteiger partial charge in [-0.2, -0.15) is 0 Å². The Morgan fingerprint density at radius 3 is 1.97 bits per heavy atom. The zero-order valence-electron chi connectivity index (χ0n) is 19.4. The third kappa shape index (κ3) is 4.34. The molecule has 0 aliphatic heterocycles. The molecule has 3 nitrogen and oxygen atoms in total. The highest BCUT2D eigenvalue weighted by Gasteiger charge is 2.35. The molecule has 0 radical (unpaired) electrons. The van der Waals surface area contributed by atoms with Crippen LogP contribution >= 0.6 is 0 Å². The normalized spacial score (nSPS) is 17.1. The highest BCUT2D eigenvalue weighted by Crippen LogP contribution is 2.44. The van der Waals surface area contributed by atoms with Crippen LogP contribution in [0.15, 0.2) is 109 Å². The summed E-state index contributed by atoms with van der Waals surface area (Å²) in [6.45, 7) is 0. The van der Waals surface area contributed by atoms with Crippen molar-refractivity contribution >= 4 is 5.91 Å². The number of methoxy groups -OCH3 is 1. The number of aryl methyl sites for hydroxylation is 1. The summed E-state index contributed by atoms with van der Waals surface area (Å²) in [7, 11) is 1.71. The highest BCUT2D eigenvalue weighted by atomic mass is 16.5. The van der Waals surface area contributed by atoms with Crippen LogP contribution in [0.5, 0.6) is 5.75 Å². The molecule has 0 fully saturated rings. The zero-order chi connectivity index (χ0) is 23.3. The van der Waals surface area contributed by atoms with Gasteiger partial charge >= 0.3 is 0 Å². The minimum absolute atomic E-state index is 0.0130. The Labute approximate surface area is 201 Å². The molecule has 4 aromatic carbocycles. The van der Waals surface area contributed by atoms with Crippen molar-refractivity contribution in [1.29, 1.82) is 0 Å². The molecule has 3 heteroatoms. The van der Waals surface area contributed by atoms with Gasteiger partial charge in [-0.3, -0.25) is 4.79 Å². The minimum Gasteiger partial charge on any atom is -0.496 e. The van der Waals surface area contributed by atoms with Crippen LogP contribution < -0.4 is 10.1 Å². The van der Waals surface area contributed by atoms with Gasteiger partial charge in [-0.25, -0.2) is 0 Å². The van der Waals surface area contributed by atoms with Crippen molar-refractivity contribution in [3.05, 3.63) is 137 Å². The van der Waals surface area contributed by atoms with E-state index in [4.69, 9.17) is 4.74 Å². The van der Waals surface area contributed by atoms with E-state index in [-0.39, 0.29) is 23.8 Å². The maximum atomic E-state index is 14.0. The van der Waals surface area contributed by atoms with E-state index in [0.717, 1.165) is 35.3 Å². The monoisotopic (exact) mass is 447 g/mol. The number of benzene rings is 4. The van der Waals surface area contributed by atoms with Crippen molar-refractivity contribution in [3.63, 3.8) is 0 Å². The average Bonchev–Trinajstić information content (AvgIpc) is 2.90. The molecule has 1 N–H and O–H groups in total. The van der Waals surface area contributed by atoms with Crippen LogP contribution in [0, 0.1) is 0 Å². The molecule has 0 unspecified atom stereocenters. The summed E-state index contributed by atoms with van der Waals surface area (Å²) < 4.78 is 5.71. The van der Waals surface area contributed by atoms with Crippen LogP contribution in [0.2, 0.25) is 0 Å². The number of carbonyl (C=O) groups is 1. The first kappa shape index (κ1) is 22.0. The Balaban J connectivity index is 1.56. The van der Waals surface area contributed by atoms with Gasteiger partial charge in [0.1, 0.15) is 5.75 Å². The maximum absolute atomic E-state index is 14.0. The number of para-hydroxylation sites is 1. The Bertz CT molecular complexity index is 1210. The molecule has 170 valence electrons. The molecule has 0 spiro atoms. The van der Waals surface area contributed by atoms with E-state index >= 15 is 0 Å². The van der Waals surface area contributed by atoms with Gasteiger partial charge in [0.2, 0.25) is 5.91 Å². The van der Waals surface area contributed by atoms with Crippen LogP contribution in [-0.2, 0) is 11.2 Å². The van der Waals surface area contributed by atoms with Crippen molar-refractivity contribution < 1.29 is 9.53 Å². The molecule has 0 heterocycles. The molecule has 5 rings (SSSR count). The predicted molar refractivity (Wildman–Crippen MR) is 136 cm³/mol. The van der Waals surface area contributed by atoms with E-state index < -0.39 is 0 Å². The summed E-state index contributed by atoms with van der Waals surface area (Å²) in [5.41, 5.74) is 5.61. The van der Waals surface area contributed by atoms with Crippen LogP contribution in [0.25, 0.3) is 0 Å². The second kappa shape index (κ2) is 9.96. The summed E-state index contributed by atoms with van der Waals surface area (Å²) in [4.78, 5) is 14.0. The Kier molecular flexibility index (Phi) is 6.44. The molecular weight excluding hydrogens is 418 g/mol. The molecule has 0 saturated carbocycles. The number of amides is 1. The fourth-order valence-electron chi connectivity index (χ4n) is 5.27. The standard InChI is InChI=1S/C31H29NO2/c1-34-28-19-11-10-18-26(28)27-21-20-22-12-8-9-17-25(22)30(27)32-31(33)29(23-13-4-2-5-14-23)24-15-6-3-7-16-24/h2-19,27,29-30H,20-21H2,1H3,(H,32,33)/t27-,30-/m1/s1. The number of ether oxygens (including phenoxy) is 1. The summed E-state index contributed by atoms with van der Waals surface area (Å²) in [6.07, 6.45) is 1.93. The lowest BCUT2D eigenvalue weighted by molar-refractivity contribution is -0.122. The molecular formula is C31H29NO2. The number of nitrogens with one attached hydrogen (secondary N) is 1. The lowest BCUT2D eigenvalue weighted by Crippen LogP contribution is -2.38. The van der Waals surface area contributed by atoms with Gasteiger partial charge in [0.15, 0.2) is 0 Å². The third-order valence-corrected chi connectivity index (χ3v) is 6.88. The Morgan fingerprint density at radius 2 is 1.32 bits per heavy atom. The summed E-state index contributed by atoms with van der Waals surface area (Å²) in [5, 5.41) is 3.48. The van der Waals surface area contributed by atoms with Crippen molar-refractivity contribution in [1.82, 2.24) is 5.32 Å². The molecule has 1 amide bonds. The second-order valence-electron chi connectivity index (χ2n) is 8.83. The first-order valence-corrected chi connectivity index (χ1v) is 11.9. The van der Waals surface area contributed by atoms with Crippen molar-refractivity contribution in [2.75, 3.05) is 7.11 Å². The fraction of sp³-hybridized carbons (Fsp3) is 0.194. The molecule has 0 bridgehead atoms. The first-order valence-electron chi connectivity index (χ1n) is 11.9. The van der Waals surface area contributed by atoms with Crippen LogP contribution in [-0.4, -0.2) is 13.0 Å². The number of fused-ring (bicyclic) bond motifs is 1. The van der Waals surface area contributed by atoms with Gasteiger partial charge in [-0.15, -0.1) is 0 Å². The lowest BCUT2D eigenvalue weighted by atomic mass is 9.75. The van der Waals surface area contributed by atoms with Gasteiger partial charge < -0.3 is 10.1 Å². The number of rotatable bonds is 6. The van der Waals surface area contributed by atoms with Gasteiger partial charge in [0.05, 0.1) is 19.1 Å². The van der Waals surface area contributed by atoms with E-state index in [1.54, 1.807) is 7.11 Å². The minimum atomic E-state index is -0.380. The van der Waals surface area contributed by atoms with E-state index in [1.807, 2.05) is 78.9 Å². The second-order valence-corrected chi connectivity index (χ2v) is 8.83. The first-order chi connectivity index (χ1) is 16.8. The van der Waals surface area contributed by atoms with Crippen molar-refractivity contribution in [2.45, 2.75) is 30.7 Å². The molecule has 0 saturated heterocycles. The zero-order valence-corrected chi connectivity index (χ0v) is 19.4. The van der Waals surface area contributed by atoms with Gasteiger partial charge in [-0.05, 0) is 46.7 Å². The SMILES string of the molecule is COc1ccccc1[C@H]1CCc2ccccc2[C@H]1NC(=O)C(c1ccccc1)c1ccccc1.